The number of hydrogen-bond donors (Lipinski definition) is 2. The Morgan fingerprint density at radius 2 is 1.91 bits per heavy atom. The average Bonchev–Trinajstić information content (AvgIpc) is 2.36. The summed E-state index contributed by atoms with van der Waals surface area (Å²) in [7, 11) is 0. The maximum absolute atomic E-state index is 13.7. The van der Waals surface area contributed by atoms with Gasteiger partial charge in [-0.3, -0.25) is 10.1 Å². The fraction of sp³-hybridized carbons (Fsp3) is 0.143. The highest BCUT2D eigenvalue weighted by molar-refractivity contribution is 7.80. The van der Waals surface area contributed by atoms with Gasteiger partial charge < -0.3 is 5.32 Å². The highest BCUT2D eigenvalue weighted by atomic mass is 35.5. The largest absolute Gasteiger partial charge is 0.301 e. The van der Waals surface area contributed by atoms with Gasteiger partial charge in [-0.25, -0.2) is 14.4 Å². The highest BCUT2D eigenvalue weighted by Gasteiger charge is 2.17. The molecule has 0 unspecified atom stereocenters. The van der Waals surface area contributed by atoms with Gasteiger partial charge in [0.25, 0.3) is 5.91 Å². The number of amides is 1. The predicted molar refractivity (Wildman–Crippen MR) is 86.6 cm³/mol. The van der Waals surface area contributed by atoms with Crippen LogP contribution in [0.15, 0.2) is 24.3 Å². The second-order valence-electron chi connectivity index (χ2n) is 4.48. The van der Waals surface area contributed by atoms with E-state index in [1.54, 1.807) is 19.9 Å². The lowest BCUT2D eigenvalue weighted by Gasteiger charge is -2.10. The molecule has 22 heavy (non-hydrogen) atoms. The van der Waals surface area contributed by atoms with Crippen molar-refractivity contribution in [1.82, 2.24) is 15.3 Å². The fourth-order valence-electron chi connectivity index (χ4n) is 1.79. The molecule has 0 aliphatic rings. The molecule has 2 aromatic rings. The van der Waals surface area contributed by atoms with Gasteiger partial charge in [0.15, 0.2) is 5.11 Å². The van der Waals surface area contributed by atoms with E-state index < -0.39 is 11.7 Å². The summed E-state index contributed by atoms with van der Waals surface area (Å²) < 4.78 is 13.7. The number of carbonyl (C=O) groups excluding carboxylic acids is 1. The zero-order chi connectivity index (χ0) is 16.3. The van der Waals surface area contributed by atoms with Crippen LogP contribution in [0, 0.1) is 19.7 Å². The summed E-state index contributed by atoms with van der Waals surface area (Å²) in [6.45, 7) is 3.61. The molecule has 114 valence electrons. The number of thiocarbonyl (C=S) groups is 1. The van der Waals surface area contributed by atoms with Crippen LogP contribution in [0.3, 0.4) is 0 Å². The van der Waals surface area contributed by atoms with E-state index in [-0.39, 0.29) is 21.6 Å². The molecule has 0 atom stereocenters. The van der Waals surface area contributed by atoms with E-state index in [0.717, 1.165) is 17.5 Å². The van der Waals surface area contributed by atoms with Crippen molar-refractivity contribution in [2.45, 2.75) is 13.8 Å². The smallest absolute Gasteiger partial charge is 0.261 e. The molecule has 0 aliphatic heterocycles. The molecule has 0 spiro atoms. The molecule has 0 aliphatic carbocycles. The molecule has 5 nitrogen and oxygen atoms in total. The van der Waals surface area contributed by atoms with Crippen molar-refractivity contribution in [3.63, 3.8) is 0 Å². The molecule has 0 fully saturated rings. The fourth-order valence-corrected chi connectivity index (χ4v) is 2.23. The van der Waals surface area contributed by atoms with Crippen molar-refractivity contribution in [1.29, 1.82) is 0 Å². The van der Waals surface area contributed by atoms with Crippen molar-refractivity contribution in [3.8, 4) is 0 Å². The average molecular weight is 339 g/mol. The molecule has 8 heteroatoms. The van der Waals surface area contributed by atoms with E-state index >= 15 is 0 Å². The van der Waals surface area contributed by atoms with Gasteiger partial charge in [-0.15, -0.1) is 0 Å². The first-order chi connectivity index (χ1) is 10.4. The first-order valence-corrected chi connectivity index (χ1v) is 7.04. The summed E-state index contributed by atoms with van der Waals surface area (Å²) in [6.07, 6.45) is 0. The van der Waals surface area contributed by atoms with Gasteiger partial charge in [0.1, 0.15) is 5.82 Å². The Labute approximate surface area is 136 Å². The van der Waals surface area contributed by atoms with Gasteiger partial charge in [0.2, 0.25) is 5.95 Å². The van der Waals surface area contributed by atoms with E-state index in [1.807, 2.05) is 0 Å². The summed E-state index contributed by atoms with van der Waals surface area (Å²) in [5, 5.41) is 4.97. The van der Waals surface area contributed by atoms with Gasteiger partial charge in [-0.05, 0) is 44.3 Å². The number of nitrogens with zero attached hydrogens (tertiary/aromatic N) is 2. The monoisotopic (exact) mass is 338 g/mol. The Balaban J connectivity index is 2.10. The molecule has 0 radical (unpaired) electrons. The lowest BCUT2D eigenvalue weighted by Crippen LogP contribution is -2.35. The molecule has 2 rings (SSSR count). The summed E-state index contributed by atoms with van der Waals surface area (Å²) in [5.41, 5.74) is 1.23. The molecular formula is C14H12ClFN4OS. The first kappa shape index (κ1) is 16.3. The molecule has 0 bridgehead atoms. The second kappa shape index (κ2) is 6.76. The maximum atomic E-state index is 13.7. The number of benzene rings is 1. The van der Waals surface area contributed by atoms with Gasteiger partial charge in [0.05, 0.1) is 10.6 Å². The van der Waals surface area contributed by atoms with Crippen molar-refractivity contribution in [2.75, 3.05) is 5.32 Å². The van der Waals surface area contributed by atoms with Crippen LogP contribution in [0.25, 0.3) is 0 Å². The SMILES string of the molecule is Cc1cc(C)nc(NC(=S)NC(=O)c2c(F)cccc2Cl)n1. The van der Waals surface area contributed by atoms with Crippen molar-refractivity contribution in [2.24, 2.45) is 0 Å². The van der Waals surface area contributed by atoms with Gasteiger partial charge in [-0.1, -0.05) is 17.7 Å². The van der Waals surface area contributed by atoms with Crippen LogP contribution >= 0.6 is 23.8 Å². The normalized spacial score (nSPS) is 10.2. The van der Waals surface area contributed by atoms with Gasteiger partial charge in [0, 0.05) is 11.4 Å². The Hall–Kier alpha value is -2.12. The van der Waals surface area contributed by atoms with Gasteiger partial charge >= 0.3 is 0 Å². The van der Waals surface area contributed by atoms with Crippen LogP contribution in [0.1, 0.15) is 21.7 Å². The molecule has 0 saturated heterocycles. The molecule has 1 heterocycles. The minimum atomic E-state index is -0.745. The third-order valence-corrected chi connectivity index (χ3v) is 3.14. The third kappa shape index (κ3) is 3.96. The second-order valence-corrected chi connectivity index (χ2v) is 5.29. The number of anilines is 1. The number of carbonyl (C=O) groups is 1. The summed E-state index contributed by atoms with van der Waals surface area (Å²) in [4.78, 5) is 20.3. The lowest BCUT2D eigenvalue weighted by atomic mass is 10.2. The summed E-state index contributed by atoms with van der Waals surface area (Å²) in [6, 6.07) is 5.77. The zero-order valence-electron chi connectivity index (χ0n) is 11.8. The van der Waals surface area contributed by atoms with Crippen LogP contribution in [-0.4, -0.2) is 21.0 Å². The lowest BCUT2D eigenvalue weighted by molar-refractivity contribution is 0.0974. The molecule has 1 aromatic heterocycles. The maximum Gasteiger partial charge on any atom is 0.261 e. The molecule has 0 saturated carbocycles. The quantitative estimate of drug-likeness (QED) is 0.824. The number of hydrogen-bond acceptors (Lipinski definition) is 4. The topological polar surface area (TPSA) is 66.9 Å². The molecule has 1 aromatic carbocycles. The van der Waals surface area contributed by atoms with Crippen molar-refractivity contribution < 1.29 is 9.18 Å². The van der Waals surface area contributed by atoms with E-state index in [4.69, 9.17) is 23.8 Å². The van der Waals surface area contributed by atoms with Crippen LogP contribution < -0.4 is 10.6 Å². The Bertz CT molecular complexity index is 713. The van der Waals surface area contributed by atoms with E-state index in [2.05, 4.69) is 20.6 Å². The molecular weight excluding hydrogens is 327 g/mol. The van der Waals surface area contributed by atoms with Gasteiger partial charge in [-0.2, -0.15) is 0 Å². The Morgan fingerprint density at radius 3 is 2.50 bits per heavy atom. The highest BCUT2D eigenvalue weighted by Crippen LogP contribution is 2.18. The predicted octanol–water partition coefficient (Wildman–Crippen LogP) is 3.01. The minimum Gasteiger partial charge on any atom is -0.301 e. The van der Waals surface area contributed by atoms with Crippen LogP contribution in [0.4, 0.5) is 10.3 Å². The van der Waals surface area contributed by atoms with E-state index in [9.17, 15) is 9.18 Å². The van der Waals surface area contributed by atoms with E-state index in [0.29, 0.717) is 0 Å². The third-order valence-electron chi connectivity index (χ3n) is 2.62. The molecule has 2 N–H and O–H groups in total. The van der Waals surface area contributed by atoms with Crippen LogP contribution in [-0.2, 0) is 0 Å². The summed E-state index contributed by atoms with van der Waals surface area (Å²) in [5.74, 6) is -1.22. The van der Waals surface area contributed by atoms with E-state index in [1.165, 1.54) is 12.1 Å². The summed E-state index contributed by atoms with van der Waals surface area (Å²) >= 11 is 10.8. The number of halogens is 2. The van der Waals surface area contributed by atoms with Crippen LogP contribution in [0.2, 0.25) is 5.02 Å². The Kier molecular flexibility index (Phi) is 4.99. The number of aromatic nitrogens is 2. The standard InChI is InChI=1S/C14H12ClFN4OS/c1-7-6-8(2)18-13(17-7)20-14(22)19-12(21)11-9(15)4-3-5-10(11)16/h3-6H,1-2H3,(H2,17,18,19,20,21,22). The minimum absolute atomic E-state index is 0.00273. The zero-order valence-corrected chi connectivity index (χ0v) is 13.3. The Morgan fingerprint density at radius 1 is 1.27 bits per heavy atom. The van der Waals surface area contributed by atoms with Crippen molar-refractivity contribution in [3.05, 3.63) is 52.1 Å². The number of rotatable bonds is 2. The molecule has 1 amide bonds. The number of aryl methyl sites for hydroxylation is 2. The van der Waals surface area contributed by atoms with Crippen molar-refractivity contribution >= 4 is 40.8 Å². The number of nitrogens with one attached hydrogen (secondary N) is 2. The first-order valence-electron chi connectivity index (χ1n) is 6.25. The van der Waals surface area contributed by atoms with Crippen LogP contribution in [0.5, 0.6) is 0 Å².